The number of hydrogen-bond donors (Lipinski definition) is 0. The predicted octanol–water partition coefficient (Wildman–Crippen LogP) is 4.55. The topological polar surface area (TPSA) is 9.23 Å². The maximum Gasteiger partial charge on any atom is 0.387 e. The molecule has 6 heteroatoms. The molecular formula is C8H5Br2ClF2O. The second kappa shape index (κ2) is 5.28. The molecule has 0 N–H and O–H groups in total. The van der Waals surface area contributed by atoms with Gasteiger partial charge in [0.25, 0.3) is 0 Å². The number of halogens is 5. The highest BCUT2D eigenvalue weighted by Crippen LogP contribution is 2.36. The number of benzene rings is 1. The molecule has 0 fully saturated rings. The molecule has 0 saturated carbocycles. The van der Waals surface area contributed by atoms with E-state index in [-0.39, 0.29) is 11.6 Å². The van der Waals surface area contributed by atoms with Crippen LogP contribution < -0.4 is 4.74 Å². The van der Waals surface area contributed by atoms with E-state index < -0.39 is 6.61 Å². The van der Waals surface area contributed by atoms with Crippen LogP contribution in [-0.2, 0) is 5.88 Å². The Morgan fingerprint density at radius 2 is 1.86 bits per heavy atom. The van der Waals surface area contributed by atoms with Crippen molar-refractivity contribution in [2.45, 2.75) is 12.5 Å². The molecule has 1 nitrogen and oxygen atoms in total. The Balaban J connectivity index is 3.16. The van der Waals surface area contributed by atoms with Gasteiger partial charge in [0.15, 0.2) is 0 Å². The summed E-state index contributed by atoms with van der Waals surface area (Å²) >= 11 is 11.9. The smallest absolute Gasteiger partial charge is 0.387 e. The van der Waals surface area contributed by atoms with E-state index in [0.717, 1.165) is 0 Å². The van der Waals surface area contributed by atoms with Crippen LogP contribution in [0.3, 0.4) is 0 Å². The van der Waals surface area contributed by atoms with Crippen molar-refractivity contribution < 1.29 is 13.5 Å². The fourth-order valence-corrected chi connectivity index (χ4v) is 2.26. The highest BCUT2D eigenvalue weighted by molar-refractivity contribution is 9.11. The van der Waals surface area contributed by atoms with Crippen molar-refractivity contribution in [2.75, 3.05) is 0 Å². The highest BCUT2D eigenvalue weighted by Gasteiger charge is 2.15. The first-order valence-electron chi connectivity index (χ1n) is 3.54. The number of hydrogen-bond acceptors (Lipinski definition) is 1. The first kappa shape index (κ1) is 12.2. The molecular weight excluding hydrogens is 345 g/mol. The lowest BCUT2D eigenvalue weighted by Gasteiger charge is -2.12. The van der Waals surface area contributed by atoms with Crippen molar-refractivity contribution in [3.05, 3.63) is 26.6 Å². The monoisotopic (exact) mass is 348 g/mol. The molecule has 0 spiro atoms. The van der Waals surface area contributed by atoms with Gasteiger partial charge in [0.05, 0.1) is 10.4 Å². The van der Waals surface area contributed by atoms with Gasteiger partial charge in [-0.25, -0.2) is 0 Å². The molecule has 0 atom stereocenters. The molecule has 0 heterocycles. The summed E-state index contributed by atoms with van der Waals surface area (Å²) in [7, 11) is 0. The zero-order chi connectivity index (χ0) is 10.7. The van der Waals surface area contributed by atoms with E-state index >= 15 is 0 Å². The Bertz CT molecular complexity index is 333. The maximum absolute atomic E-state index is 12.0. The zero-order valence-corrected chi connectivity index (χ0v) is 10.7. The van der Waals surface area contributed by atoms with Gasteiger partial charge in [-0.15, -0.1) is 11.6 Å². The van der Waals surface area contributed by atoms with Gasteiger partial charge in [0.1, 0.15) is 5.75 Å². The van der Waals surface area contributed by atoms with Crippen molar-refractivity contribution in [3.63, 3.8) is 0 Å². The van der Waals surface area contributed by atoms with E-state index in [0.29, 0.717) is 14.5 Å². The molecule has 0 bridgehead atoms. The average Bonchev–Trinajstić information content (AvgIpc) is 2.11. The van der Waals surface area contributed by atoms with Gasteiger partial charge in [-0.2, -0.15) is 8.78 Å². The third-order valence-electron chi connectivity index (χ3n) is 1.50. The summed E-state index contributed by atoms with van der Waals surface area (Å²) in [5.41, 5.74) is 0.501. The molecule has 0 aliphatic rings. The van der Waals surface area contributed by atoms with E-state index in [1.54, 1.807) is 12.1 Å². The van der Waals surface area contributed by atoms with Crippen LogP contribution in [0.4, 0.5) is 8.78 Å². The fraction of sp³-hybridized carbons (Fsp3) is 0.250. The summed E-state index contributed by atoms with van der Waals surface area (Å²) in [5, 5.41) is 0. The number of alkyl halides is 3. The standard InChI is InChI=1S/C8H5Br2ClF2O/c9-5-1-2-6(10)7(4(5)3-11)14-8(12)13/h1-2,8H,3H2. The van der Waals surface area contributed by atoms with Crippen LogP contribution in [0.15, 0.2) is 21.1 Å². The predicted molar refractivity (Wildman–Crippen MR) is 58.0 cm³/mol. The summed E-state index contributed by atoms with van der Waals surface area (Å²) in [6.07, 6.45) is 0. The number of rotatable bonds is 3. The lowest BCUT2D eigenvalue weighted by atomic mass is 10.2. The third-order valence-corrected chi connectivity index (χ3v) is 3.13. The van der Waals surface area contributed by atoms with Gasteiger partial charge in [0.2, 0.25) is 0 Å². The molecule has 0 aliphatic heterocycles. The van der Waals surface area contributed by atoms with Crippen LogP contribution in [0.1, 0.15) is 5.56 Å². The van der Waals surface area contributed by atoms with E-state index in [1.807, 2.05) is 0 Å². The second-order valence-electron chi connectivity index (χ2n) is 2.35. The minimum atomic E-state index is -2.86. The first-order valence-corrected chi connectivity index (χ1v) is 5.66. The Labute approximate surface area is 102 Å². The second-order valence-corrected chi connectivity index (χ2v) is 4.32. The van der Waals surface area contributed by atoms with Gasteiger partial charge >= 0.3 is 6.61 Å². The maximum atomic E-state index is 12.0. The van der Waals surface area contributed by atoms with Crippen LogP contribution in [-0.4, -0.2) is 6.61 Å². The van der Waals surface area contributed by atoms with Crippen molar-refractivity contribution in [1.82, 2.24) is 0 Å². The summed E-state index contributed by atoms with van der Waals surface area (Å²) in [6, 6.07) is 3.32. The molecule has 14 heavy (non-hydrogen) atoms. The molecule has 1 aromatic carbocycles. The fourth-order valence-electron chi connectivity index (χ4n) is 0.916. The first-order chi connectivity index (χ1) is 6.56. The molecule has 0 amide bonds. The third kappa shape index (κ3) is 2.81. The van der Waals surface area contributed by atoms with E-state index in [1.165, 1.54) is 0 Å². The van der Waals surface area contributed by atoms with Crippen molar-refractivity contribution >= 4 is 43.5 Å². The van der Waals surface area contributed by atoms with Gasteiger partial charge in [-0.3, -0.25) is 0 Å². The van der Waals surface area contributed by atoms with Gasteiger partial charge in [0, 0.05) is 10.0 Å². The Kier molecular flexibility index (Phi) is 4.60. The lowest BCUT2D eigenvalue weighted by Crippen LogP contribution is -2.05. The van der Waals surface area contributed by atoms with E-state index in [9.17, 15) is 8.78 Å². The summed E-state index contributed by atoms with van der Waals surface area (Å²) < 4.78 is 29.5. The summed E-state index contributed by atoms with van der Waals surface area (Å²) in [5.74, 6) is 0.173. The molecule has 0 aliphatic carbocycles. The van der Waals surface area contributed by atoms with Crippen LogP contribution in [0.2, 0.25) is 0 Å². The largest absolute Gasteiger partial charge is 0.433 e. The Morgan fingerprint density at radius 3 is 2.36 bits per heavy atom. The minimum Gasteiger partial charge on any atom is -0.433 e. The summed E-state index contributed by atoms with van der Waals surface area (Å²) in [4.78, 5) is 0. The van der Waals surface area contributed by atoms with Gasteiger partial charge in [-0.1, -0.05) is 15.9 Å². The average molecular weight is 350 g/mol. The van der Waals surface area contributed by atoms with Crippen molar-refractivity contribution in [1.29, 1.82) is 0 Å². The quantitative estimate of drug-likeness (QED) is 0.727. The number of ether oxygens (including phenoxy) is 1. The normalized spacial score (nSPS) is 10.7. The minimum absolute atomic E-state index is 0.0735. The highest BCUT2D eigenvalue weighted by atomic mass is 79.9. The molecule has 1 aromatic rings. The van der Waals surface area contributed by atoms with E-state index in [4.69, 9.17) is 11.6 Å². The molecule has 0 unspecified atom stereocenters. The molecule has 1 rings (SSSR count). The van der Waals surface area contributed by atoms with Crippen molar-refractivity contribution in [3.8, 4) is 5.75 Å². The van der Waals surface area contributed by atoms with Crippen LogP contribution >= 0.6 is 43.5 Å². The lowest BCUT2D eigenvalue weighted by molar-refractivity contribution is -0.0508. The van der Waals surface area contributed by atoms with Crippen LogP contribution in [0.5, 0.6) is 5.75 Å². The Morgan fingerprint density at radius 1 is 1.29 bits per heavy atom. The zero-order valence-electron chi connectivity index (χ0n) is 6.74. The van der Waals surface area contributed by atoms with Crippen LogP contribution in [0, 0.1) is 0 Å². The van der Waals surface area contributed by atoms with Crippen molar-refractivity contribution in [2.24, 2.45) is 0 Å². The molecule has 0 aromatic heterocycles. The summed E-state index contributed by atoms with van der Waals surface area (Å²) in [6.45, 7) is -2.86. The van der Waals surface area contributed by atoms with E-state index in [2.05, 4.69) is 36.6 Å². The Hall–Kier alpha value is 0.130. The SMILES string of the molecule is FC(F)Oc1c(Br)ccc(Br)c1CCl. The molecule has 0 radical (unpaired) electrons. The molecule has 0 saturated heterocycles. The van der Waals surface area contributed by atoms with Gasteiger partial charge in [-0.05, 0) is 28.1 Å². The molecule has 78 valence electrons. The van der Waals surface area contributed by atoms with Crippen LogP contribution in [0.25, 0.3) is 0 Å². The van der Waals surface area contributed by atoms with Gasteiger partial charge < -0.3 is 4.74 Å².